The fraction of sp³-hybridized carbons (Fsp3) is 0.455. The largest absolute Gasteiger partial charge is 0.508 e. The number of rotatable bonds is 4. The molecule has 3 N–H and O–H groups in total. The van der Waals surface area contributed by atoms with Crippen LogP contribution in [0, 0.1) is 0 Å². The lowest BCUT2D eigenvalue weighted by Gasteiger charge is -2.14. The second-order valence-electron chi connectivity index (χ2n) is 3.40. The minimum Gasteiger partial charge on any atom is -0.508 e. The number of hydrogen-bond acceptors (Lipinski definition) is 3. The van der Waals surface area contributed by atoms with Crippen molar-refractivity contribution in [1.29, 1.82) is 0 Å². The van der Waals surface area contributed by atoms with Crippen LogP contribution in [0.1, 0.15) is 24.8 Å². The first kappa shape index (κ1) is 10.9. The summed E-state index contributed by atoms with van der Waals surface area (Å²) in [5, 5.41) is 9.36. The predicted molar refractivity (Wildman–Crippen MR) is 56.7 cm³/mol. The van der Waals surface area contributed by atoms with Crippen LogP contribution in [0.2, 0.25) is 0 Å². The van der Waals surface area contributed by atoms with E-state index in [1.807, 2.05) is 0 Å². The molecule has 1 rings (SSSR count). The van der Waals surface area contributed by atoms with Crippen molar-refractivity contribution in [2.45, 2.75) is 19.3 Å². The molecule has 3 heteroatoms. The summed E-state index contributed by atoms with van der Waals surface area (Å²) in [5.74, 6) is 1.38. The third-order valence-electron chi connectivity index (χ3n) is 2.34. The molecule has 3 nitrogen and oxygen atoms in total. The molecule has 0 fully saturated rings. The molecule has 0 bridgehead atoms. The molecular weight excluding hydrogens is 178 g/mol. The standard InChI is InChI=1S/C11H17NO2/c1-8(5-6-12)10-7-9(13)3-4-11(10)14-2/h3-4,7-8,13H,5-6,12H2,1-2H3. The molecule has 78 valence electrons. The van der Waals surface area contributed by atoms with Gasteiger partial charge in [-0.05, 0) is 37.1 Å². The van der Waals surface area contributed by atoms with Crippen LogP contribution in [0.3, 0.4) is 0 Å². The number of ether oxygens (including phenoxy) is 1. The first-order chi connectivity index (χ1) is 6.69. The van der Waals surface area contributed by atoms with Crippen LogP contribution in [0.15, 0.2) is 18.2 Å². The molecule has 0 heterocycles. The Morgan fingerprint density at radius 3 is 2.79 bits per heavy atom. The van der Waals surface area contributed by atoms with Crippen molar-refractivity contribution in [3.63, 3.8) is 0 Å². The van der Waals surface area contributed by atoms with Gasteiger partial charge in [-0.3, -0.25) is 0 Å². The molecule has 0 aromatic heterocycles. The van der Waals surface area contributed by atoms with Gasteiger partial charge in [-0.15, -0.1) is 0 Å². The highest BCUT2D eigenvalue weighted by Crippen LogP contribution is 2.31. The Balaban J connectivity index is 2.97. The zero-order valence-corrected chi connectivity index (χ0v) is 8.66. The summed E-state index contributed by atoms with van der Waals surface area (Å²) >= 11 is 0. The lowest BCUT2D eigenvalue weighted by atomic mass is 9.96. The number of methoxy groups -OCH3 is 1. The zero-order chi connectivity index (χ0) is 10.6. The molecule has 0 saturated heterocycles. The van der Waals surface area contributed by atoms with E-state index in [-0.39, 0.29) is 5.75 Å². The van der Waals surface area contributed by atoms with Gasteiger partial charge in [0.25, 0.3) is 0 Å². The minimum atomic E-state index is 0.268. The number of nitrogens with two attached hydrogens (primary N) is 1. The van der Waals surface area contributed by atoms with Crippen LogP contribution < -0.4 is 10.5 Å². The molecule has 0 aliphatic rings. The topological polar surface area (TPSA) is 55.5 Å². The van der Waals surface area contributed by atoms with Gasteiger partial charge >= 0.3 is 0 Å². The molecule has 0 aliphatic heterocycles. The number of benzene rings is 1. The van der Waals surface area contributed by atoms with Crippen LogP contribution in [-0.4, -0.2) is 18.8 Å². The van der Waals surface area contributed by atoms with E-state index in [0.29, 0.717) is 12.5 Å². The fourth-order valence-electron chi connectivity index (χ4n) is 1.51. The number of phenolic OH excluding ortho intramolecular Hbond substituents is 1. The van der Waals surface area contributed by atoms with E-state index in [9.17, 15) is 5.11 Å². The van der Waals surface area contributed by atoms with Crippen molar-refractivity contribution in [1.82, 2.24) is 0 Å². The fourth-order valence-corrected chi connectivity index (χ4v) is 1.51. The molecule has 0 aliphatic carbocycles. The first-order valence-electron chi connectivity index (χ1n) is 4.76. The smallest absolute Gasteiger partial charge is 0.122 e. The van der Waals surface area contributed by atoms with Crippen molar-refractivity contribution >= 4 is 0 Å². The van der Waals surface area contributed by atoms with Crippen LogP contribution in [0.4, 0.5) is 0 Å². The third kappa shape index (κ3) is 2.39. The Labute approximate surface area is 84.5 Å². The van der Waals surface area contributed by atoms with Gasteiger partial charge in [0, 0.05) is 5.56 Å². The molecule has 14 heavy (non-hydrogen) atoms. The Hall–Kier alpha value is -1.22. The molecule has 1 unspecified atom stereocenters. The molecule has 0 amide bonds. The van der Waals surface area contributed by atoms with Gasteiger partial charge in [0.15, 0.2) is 0 Å². The van der Waals surface area contributed by atoms with Gasteiger partial charge in [-0.2, -0.15) is 0 Å². The third-order valence-corrected chi connectivity index (χ3v) is 2.34. The monoisotopic (exact) mass is 195 g/mol. The molecule has 0 radical (unpaired) electrons. The number of phenols is 1. The number of hydrogen-bond donors (Lipinski definition) is 2. The molecule has 1 aromatic rings. The van der Waals surface area contributed by atoms with Crippen molar-refractivity contribution < 1.29 is 9.84 Å². The maximum absolute atomic E-state index is 9.36. The van der Waals surface area contributed by atoms with Gasteiger partial charge in [-0.1, -0.05) is 6.92 Å². The molecule has 0 spiro atoms. The van der Waals surface area contributed by atoms with Crippen LogP contribution in [0.5, 0.6) is 11.5 Å². The van der Waals surface area contributed by atoms with E-state index in [2.05, 4.69) is 6.92 Å². The number of aromatic hydroxyl groups is 1. The van der Waals surface area contributed by atoms with E-state index in [1.165, 1.54) is 0 Å². The van der Waals surface area contributed by atoms with Crippen LogP contribution >= 0.6 is 0 Å². The average Bonchev–Trinajstić information content (AvgIpc) is 2.18. The highest BCUT2D eigenvalue weighted by molar-refractivity contribution is 5.41. The maximum Gasteiger partial charge on any atom is 0.122 e. The predicted octanol–water partition coefficient (Wildman–Crippen LogP) is 1.85. The highest BCUT2D eigenvalue weighted by atomic mass is 16.5. The summed E-state index contributed by atoms with van der Waals surface area (Å²) in [6.45, 7) is 2.71. The quantitative estimate of drug-likeness (QED) is 0.771. The molecule has 0 saturated carbocycles. The summed E-state index contributed by atoms with van der Waals surface area (Å²) in [6.07, 6.45) is 0.889. The summed E-state index contributed by atoms with van der Waals surface area (Å²) in [6, 6.07) is 5.13. The maximum atomic E-state index is 9.36. The lowest BCUT2D eigenvalue weighted by Crippen LogP contribution is -2.05. The van der Waals surface area contributed by atoms with Crippen LogP contribution in [0.25, 0.3) is 0 Å². The Bertz CT molecular complexity index is 299. The Morgan fingerprint density at radius 1 is 1.50 bits per heavy atom. The minimum absolute atomic E-state index is 0.268. The van der Waals surface area contributed by atoms with Crippen molar-refractivity contribution in [3.05, 3.63) is 23.8 Å². The molecular formula is C11H17NO2. The summed E-state index contributed by atoms with van der Waals surface area (Å²) in [4.78, 5) is 0. The van der Waals surface area contributed by atoms with Crippen molar-refractivity contribution in [2.24, 2.45) is 5.73 Å². The summed E-state index contributed by atoms with van der Waals surface area (Å²) in [7, 11) is 1.63. The van der Waals surface area contributed by atoms with E-state index < -0.39 is 0 Å². The van der Waals surface area contributed by atoms with Gasteiger partial charge < -0.3 is 15.6 Å². The normalized spacial score (nSPS) is 12.5. The van der Waals surface area contributed by atoms with Gasteiger partial charge in [0.2, 0.25) is 0 Å². The lowest BCUT2D eigenvalue weighted by molar-refractivity contribution is 0.402. The Morgan fingerprint density at radius 2 is 2.21 bits per heavy atom. The zero-order valence-electron chi connectivity index (χ0n) is 8.66. The second kappa shape index (κ2) is 4.86. The molecule has 1 atom stereocenters. The van der Waals surface area contributed by atoms with Crippen molar-refractivity contribution in [2.75, 3.05) is 13.7 Å². The van der Waals surface area contributed by atoms with E-state index >= 15 is 0 Å². The van der Waals surface area contributed by atoms with Crippen molar-refractivity contribution in [3.8, 4) is 11.5 Å². The van der Waals surface area contributed by atoms with Gasteiger partial charge in [0.1, 0.15) is 11.5 Å². The summed E-state index contributed by atoms with van der Waals surface area (Å²) < 4.78 is 5.22. The summed E-state index contributed by atoms with van der Waals surface area (Å²) in [5.41, 5.74) is 6.51. The highest BCUT2D eigenvalue weighted by Gasteiger charge is 2.11. The van der Waals surface area contributed by atoms with Gasteiger partial charge in [-0.25, -0.2) is 0 Å². The first-order valence-corrected chi connectivity index (χ1v) is 4.76. The average molecular weight is 195 g/mol. The van der Waals surface area contributed by atoms with Gasteiger partial charge in [0.05, 0.1) is 7.11 Å². The SMILES string of the molecule is COc1ccc(O)cc1C(C)CCN. The van der Waals surface area contributed by atoms with Crippen LogP contribution in [-0.2, 0) is 0 Å². The van der Waals surface area contributed by atoms with E-state index in [0.717, 1.165) is 17.7 Å². The molecule has 1 aromatic carbocycles. The van der Waals surface area contributed by atoms with E-state index in [1.54, 1.807) is 25.3 Å². The second-order valence-corrected chi connectivity index (χ2v) is 3.40. The van der Waals surface area contributed by atoms with E-state index in [4.69, 9.17) is 10.5 Å². The Kier molecular flexibility index (Phi) is 3.77.